The van der Waals surface area contributed by atoms with Crippen LogP contribution in [-0.4, -0.2) is 191 Å². The summed E-state index contributed by atoms with van der Waals surface area (Å²) in [5.41, 5.74) is -0.764. The molecule has 2 fully saturated rings. The number of aliphatic hydroxyl groups is 1. The second kappa shape index (κ2) is 28.5. The van der Waals surface area contributed by atoms with Crippen LogP contribution in [0.2, 0.25) is 0 Å². The first-order valence-corrected chi connectivity index (χ1v) is 26.6. The summed E-state index contributed by atoms with van der Waals surface area (Å²) in [4.78, 5) is 138. The van der Waals surface area contributed by atoms with Crippen molar-refractivity contribution in [3.63, 3.8) is 0 Å². The second-order valence-electron chi connectivity index (χ2n) is 22.5. The van der Waals surface area contributed by atoms with Gasteiger partial charge in [-0.2, -0.15) is 13.2 Å². The fourth-order valence-electron chi connectivity index (χ4n) is 9.65. The quantitative estimate of drug-likeness (QED) is 0.238. The number of nitrogens with zero attached hydrogens (tertiary/aromatic N) is 6. The van der Waals surface area contributed by atoms with E-state index in [0.717, 1.165) is 45.4 Å². The van der Waals surface area contributed by atoms with Gasteiger partial charge in [0.2, 0.25) is 53.2 Å². The Morgan fingerprint density at radius 2 is 1.07 bits per heavy atom. The Kier molecular flexibility index (Phi) is 24.2. The summed E-state index contributed by atoms with van der Waals surface area (Å²) in [6.07, 6.45) is -4.75. The highest BCUT2D eigenvalue weighted by Crippen LogP contribution is 2.30. The number of nitrogens with one attached hydrogen (secondary N) is 3. The lowest BCUT2D eigenvalue weighted by Gasteiger charge is -2.38. The highest BCUT2D eigenvalue weighted by Gasteiger charge is 2.43. The third kappa shape index (κ3) is 18.2. The van der Waals surface area contributed by atoms with Crippen molar-refractivity contribution in [1.29, 1.82) is 0 Å². The molecule has 0 spiro atoms. The maximum atomic E-state index is 15.1. The maximum absolute atomic E-state index is 15.1. The van der Waals surface area contributed by atoms with Gasteiger partial charge in [-0.25, -0.2) is 0 Å². The Bertz CT molecular complexity index is 2180. The Hall–Kier alpha value is -5.80. The van der Waals surface area contributed by atoms with Crippen LogP contribution in [0.5, 0.6) is 0 Å². The smallest absolute Gasteiger partial charge is 0.391 e. The second-order valence-corrected chi connectivity index (χ2v) is 22.5. The van der Waals surface area contributed by atoms with E-state index in [9.17, 15) is 56.6 Å². The van der Waals surface area contributed by atoms with Crippen molar-refractivity contribution >= 4 is 53.2 Å². The van der Waals surface area contributed by atoms with Crippen LogP contribution in [0.25, 0.3) is 0 Å². The number of carbonyl (C=O) groups excluding carboxylic acids is 9. The van der Waals surface area contributed by atoms with Crippen molar-refractivity contribution in [1.82, 2.24) is 45.3 Å². The number of alkyl halides is 3. The van der Waals surface area contributed by atoms with Crippen molar-refractivity contribution < 1.29 is 61.4 Å². The molecule has 22 heteroatoms. The summed E-state index contributed by atoms with van der Waals surface area (Å²) < 4.78 is 41.1. The Labute approximate surface area is 447 Å². The van der Waals surface area contributed by atoms with E-state index in [4.69, 9.17) is 0 Å². The van der Waals surface area contributed by atoms with Gasteiger partial charge in [0, 0.05) is 54.7 Å². The van der Waals surface area contributed by atoms with E-state index >= 15 is 4.79 Å². The Balaban J connectivity index is 2.34. The van der Waals surface area contributed by atoms with Crippen LogP contribution in [0, 0.1) is 23.7 Å². The molecule has 0 saturated carbocycles. The first kappa shape index (κ1) is 64.5. The van der Waals surface area contributed by atoms with Crippen molar-refractivity contribution in [2.24, 2.45) is 23.7 Å². The Morgan fingerprint density at radius 1 is 0.592 bits per heavy atom. The molecule has 1 aromatic carbocycles. The number of piperidine rings is 1. The predicted molar refractivity (Wildman–Crippen MR) is 279 cm³/mol. The summed E-state index contributed by atoms with van der Waals surface area (Å²) >= 11 is 0. The SMILES string of the molecule is CC(C)CC1C(=O)N[C@@H]([C@@H](C)O)C(=O)N(C)CC(=O)N(C)[C@@H](CC(C)C)C(=O)N[C@@H](Cc2ccc(C(F)(F)F)cc2)C(=O)N(C)[C@H](C(=O)N2CCCCC2)CC(=O)N[C@H](CC(C)C)C(=O)N(C)[C@@H](CC(C)C)C(=O)N1C. The molecule has 1 aromatic rings. The van der Waals surface area contributed by atoms with Crippen LogP contribution in [0.4, 0.5) is 13.2 Å². The van der Waals surface area contributed by atoms with Crippen LogP contribution in [0.3, 0.4) is 0 Å². The molecule has 9 amide bonds. The zero-order valence-electron chi connectivity index (χ0n) is 47.2. The Morgan fingerprint density at radius 3 is 1.57 bits per heavy atom. The highest BCUT2D eigenvalue weighted by atomic mass is 19.4. The minimum Gasteiger partial charge on any atom is -0.391 e. The number of likely N-dealkylation sites (N-methyl/N-ethyl adjacent to an activating group) is 5. The van der Waals surface area contributed by atoms with E-state index in [-0.39, 0.29) is 61.3 Å². The fourth-order valence-corrected chi connectivity index (χ4v) is 9.65. The number of rotatable bonds is 12. The molecule has 8 atom stereocenters. The van der Waals surface area contributed by atoms with Gasteiger partial charge in [-0.1, -0.05) is 67.5 Å². The molecule has 428 valence electrons. The van der Waals surface area contributed by atoms with Crippen LogP contribution in [0.15, 0.2) is 24.3 Å². The van der Waals surface area contributed by atoms with Gasteiger partial charge in [-0.05, 0) is 93.2 Å². The molecule has 1 unspecified atom stereocenters. The van der Waals surface area contributed by atoms with Gasteiger partial charge in [-0.3, -0.25) is 43.2 Å². The molecule has 19 nitrogen and oxygen atoms in total. The normalized spacial score (nSPS) is 25.1. The van der Waals surface area contributed by atoms with Crippen LogP contribution in [0.1, 0.15) is 125 Å². The van der Waals surface area contributed by atoms with Crippen LogP contribution >= 0.6 is 0 Å². The molecule has 2 saturated heterocycles. The molecule has 4 N–H and O–H groups in total. The molecule has 76 heavy (non-hydrogen) atoms. The van der Waals surface area contributed by atoms with Crippen molar-refractivity contribution in [2.45, 2.75) is 175 Å². The fraction of sp³-hybridized carbons (Fsp3) is 0.722. The molecule has 2 aliphatic heterocycles. The summed E-state index contributed by atoms with van der Waals surface area (Å²) in [6.45, 7) is 15.8. The number of benzene rings is 1. The molecule has 2 heterocycles. The molecule has 0 aliphatic carbocycles. The van der Waals surface area contributed by atoms with Gasteiger partial charge < -0.3 is 50.5 Å². The van der Waals surface area contributed by atoms with Gasteiger partial charge in [-0.15, -0.1) is 0 Å². The third-order valence-electron chi connectivity index (χ3n) is 14.1. The number of carbonyl (C=O) groups is 9. The maximum Gasteiger partial charge on any atom is 0.416 e. The summed E-state index contributed by atoms with van der Waals surface area (Å²) in [7, 11) is 6.71. The molecule has 0 bridgehead atoms. The topological polar surface area (TPSA) is 229 Å². The lowest BCUT2D eigenvalue weighted by molar-refractivity contribution is -0.151. The first-order chi connectivity index (χ1) is 35.3. The van der Waals surface area contributed by atoms with Gasteiger partial charge in [0.1, 0.15) is 42.3 Å². The predicted octanol–water partition coefficient (Wildman–Crippen LogP) is 3.45. The highest BCUT2D eigenvalue weighted by molar-refractivity contribution is 5.99. The first-order valence-electron chi connectivity index (χ1n) is 26.6. The van der Waals surface area contributed by atoms with Gasteiger partial charge in [0.15, 0.2) is 0 Å². The van der Waals surface area contributed by atoms with E-state index in [1.165, 1.54) is 56.9 Å². The van der Waals surface area contributed by atoms with Crippen LogP contribution in [-0.2, 0) is 55.7 Å². The number of hydrogen-bond acceptors (Lipinski definition) is 10. The molecular weight excluding hydrogens is 992 g/mol. The molecule has 0 radical (unpaired) electrons. The van der Waals surface area contributed by atoms with E-state index < -0.39 is 126 Å². The minimum atomic E-state index is -4.68. The standard InChI is InChI=1S/C54H86F3N9O10/c1-31(2)24-38-49(72)64(13)42(27-34(7)8)51(74)63(12)41(26-33(5)6)48(71)60-46(35(9)67)53(76)61(10)30-45(69)62(11)40(25-32(3)4)47(70)59-39(28-36-18-20-37(21-19-36)54(55,56)57)50(73)65(14)43(29-44(68)58-38)52(75)66-22-16-15-17-23-66/h18-21,31-35,38-43,46,67H,15-17,22-30H2,1-14H3,(H,58,68)(H,59,70)(H,60,71)/t35-,38-,39+,40+,41?,42+,43+,46+/m1/s1. The zero-order valence-corrected chi connectivity index (χ0v) is 47.2. The van der Waals surface area contributed by atoms with Crippen molar-refractivity contribution in [2.75, 3.05) is 54.9 Å². The largest absolute Gasteiger partial charge is 0.416 e. The van der Waals surface area contributed by atoms with Crippen LogP contribution < -0.4 is 16.0 Å². The average molecular weight is 1080 g/mol. The third-order valence-corrected chi connectivity index (χ3v) is 14.1. The number of aliphatic hydroxyl groups excluding tert-OH is 1. The van der Waals surface area contributed by atoms with Crippen molar-refractivity contribution in [3.8, 4) is 0 Å². The van der Waals surface area contributed by atoms with E-state index in [1.807, 2.05) is 41.5 Å². The summed E-state index contributed by atoms with van der Waals surface area (Å²) in [5.74, 6) is -7.59. The lowest BCUT2D eigenvalue weighted by Crippen LogP contribution is -2.61. The number of halogens is 3. The van der Waals surface area contributed by atoms with Gasteiger partial charge in [0.05, 0.1) is 24.6 Å². The van der Waals surface area contributed by atoms with Gasteiger partial charge in [0.25, 0.3) is 0 Å². The van der Waals surface area contributed by atoms with E-state index in [2.05, 4.69) is 16.0 Å². The molecule has 0 aromatic heterocycles. The minimum absolute atomic E-state index is 0.0261. The monoisotopic (exact) mass is 1080 g/mol. The number of amides is 9. The molecule has 3 rings (SSSR count). The average Bonchev–Trinajstić information content (AvgIpc) is 3.34. The molecular formula is C54H86F3N9O10. The van der Waals surface area contributed by atoms with Crippen molar-refractivity contribution in [3.05, 3.63) is 35.4 Å². The summed E-state index contributed by atoms with van der Waals surface area (Å²) in [6, 6.07) is -5.69. The lowest BCUT2D eigenvalue weighted by atomic mass is 9.96. The number of hydrogen-bond donors (Lipinski definition) is 4. The number of likely N-dealkylation sites (tertiary alicyclic amines) is 1. The van der Waals surface area contributed by atoms with E-state index in [1.54, 1.807) is 13.8 Å². The summed E-state index contributed by atoms with van der Waals surface area (Å²) in [5, 5.41) is 19.1. The van der Waals surface area contributed by atoms with Gasteiger partial charge >= 0.3 is 6.18 Å². The molecule has 2 aliphatic rings. The van der Waals surface area contributed by atoms with E-state index in [0.29, 0.717) is 25.9 Å². The zero-order chi connectivity index (χ0) is 57.7.